The first kappa shape index (κ1) is 11.7. The van der Waals surface area contributed by atoms with Crippen LogP contribution in [0.15, 0.2) is 24.4 Å². The summed E-state index contributed by atoms with van der Waals surface area (Å²) >= 11 is 0. The molecule has 4 nitrogen and oxygen atoms in total. The molecule has 0 unspecified atom stereocenters. The summed E-state index contributed by atoms with van der Waals surface area (Å²) in [6.45, 7) is 3.51. The Kier molecular flexibility index (Phi) is 2.66. The second kappa shape index (κ2) is 3.89. The van der Waals surface area contributed by atoms with Crippen molar-refractivity contribution in [1.82, 2.24) is 15.0 Å². The van der Waals surface area contributed by atoms with Crippen molar-refractivity contribution in [3.8, 4) is 5.69 Å². The van der Waals surface area contributed by atoms with Gasteiger partial charge in [0.05, 0.1) is 11.7 Å². The molecule has 0 aliphatic heterocycles. The molecule has 0 atom stereocenters. The Hall–Kier alpha value is -1.82. The lowest BCUT2D eigenvalue weighted by Gasteiger charge is -2.13. The highest BCUT2D eigenvalue weighted by molar-refractivity contribution is 5.33. The Balaban J connectivity index is 2.47. The van der Waals surface area contributed by atoms with Crippen LogP contribution >= 0.6 is 0 Å². The first-order chi connectivity index (χ1) is 7.88. The zero-order valence-electron chi connectivity index (χ0n) is 9.48. The van der Waals surface area contributed by atoms with Crippen molar-refractivity contribution in [2.75, 3.05) is 0 Å². The van der Waals surface area contributed by atoms with Gasteiger partial charge >= 0.3 is 0 Å². The third-order valence-electron chi connectivity index (χ3n) is 2.31. The predicted octanol–water partition coefficient (Wildman–Crippen LogP) is 1.74. The third kappa shape index (κ3) is 2.31. The molecule has 2 rings (SSSR count). The van der Waals surface area contributed by atoms with Gasteiger partial charge in [0.15, 0.2) is 0 Å². The highest BCUT2D eigenvalue weighted by atomic mass is 19.1. The first-order valence-corrected chi connectivity index (χ1v) is 5.05. The van der Waals surface area contributed by atoms with E-state index < -0.39 is 17.2 Å². The average molecular weight is 238 g/mol. The van der Waals surface area contributed by atoms with Crippen LogP contribution in [0.25, 0.3) is 5.69 Å². The van der Waals surface area contributed by atoms with Crippen LogP contribution in [0, 0.1) is 11.6 Å². The maximum Gasteiger partial charge on any atom is 0.149 e. The van der Waals surface area contributed by atoms with Crippen molar-refractivity contribution >= 4 is 0 Å². The van der Waals surface area contributed by atoms with Gasteiger partial charge in [-0.2, -0.15) is 0 Å². The zero-order chi connectivity index (χ0) is 12.6. The molecule has 0 spiro atoms. The molecule has 0 bridgehead atoms. The van der Waals surface area contributed by atoms with Crippen molar-refractivity contribution in [2.45, 2.75) is 19.4 Å². The molecule has 0 aliphatic carbocycles. The largest absolute Gasteiger partial charge is 0.320 e. The second-order valence-electron chi connectivity index (χ2n) is 4.37. The molecule has 17 heavy (non-hydrogen) atoms. The fourth-order valence-electron chi connectivity index (χ4n) is 1.34. The van der Waals surface area contributed by atoms with Gasteiger partial charge < -0.3 is 5.73 Å². The summed E-state index contributed by atoms with van der Waals surface area (Å²) in [4.78, 5) is 0. The minimum absolute atomic E-state index is 0.00741. The zero-order valence-corrected chi connectivity index (χ0v) is 9.48. The third-order valence-corrected chi connectivity index (χ3v) is 2.31. The molecule has 0 radical (unpaired) electrons. The predicted molar refractivity (Wildman–Crippen MR) is 58.5 cm³/mol. The number of nitrogens with zero attached hydrogens (tertiary/aromatic N) is 3. The van der Waals surface area contributed by atoms with E-state index in [1.807, 2.05) is 0 Å². The van der Waals surface area contributed by atoms with E-state index >= 15 is 0 Å². The molecule has 1 heterocycles. The van der Waals surface area contributed by atoms with Crippen LogP contribution in [0.2, 0.25) is 0 Å². The normalized spacial score (nSPS) is 11.8. The van der Waals surface area contributed by atoms with Gasteiger partial charge in [0.25, 0.3) is 0 Å². The number of hydrogen-bond acceptors (Lipinski definition) is 3. The Bertz CT molecular complexity index is 543. The first-order valence-electron chi connectivity index (χ1n) is 5.05. The minimum atomic E-state index is -0.679. The molecule has 90 valence electrons. The van der Waals surface area contributed by atoms with Gasteiger partial charge in [-0.15, -0.1) is 5.10 Å². The van der Waals surface area contributed by atoms with Gasteiger partial charge in [0.1, 0.15) is 23.0 Å². The molecule has 0 fully saturated rings. The average Bonchev–Trinajstić information content (AvgIpc) is 2.70. The lowest BCUT2D eigenvalue weighted by Crippen LogP contribution is -2.29. The van der Waals surface area contributed by atoms with Gasteiger partial charge in [-0.05, 0) is 26.0 Å². The summed E-state index contributed by atoms with van der Waals surface area (Å²) in [5.41, 5.74) is 5.66. The molecule has 0 aliphatic rings. The SMILES string of the molecule is CC(C)(N)c1cn(-c2cc(F)ccc2F)nn1. The van der Waals surface area contributed by atoms with Crippen molar-refractivity contribution < 1.29 is 8.78 Å². The highest BCUT2D eigenvalue weighted by Crippen LogP contribution is 2.17. The van der Waals surface area contributed by atoms with Crippen molar-refractivity contribution in [3.63, 3.8) is 0 Å². The smallest absolute Gasteiger partial charge is 0.149 e. The summed E-state index contributed by atoms with van der Waals surface area (Å²) in [5, 5.41) is 7.57. The quantitative estimate of drug-likeness (QED) is 0.867. The summed E-state index contributed by atoms with van der Waals surface area (Å²) in [5.74, 6) is -1.11. The van der Waals surface area contributed by atoms with E-state index in [2.05, 4.69) is 10.3 Å². The van der Waals surface area contributed by atoms with Crippen LogP contribution in [0.5, 0.6) is 0 Å². The van der Waals surface area contributed by atoms with Crippen LogP contribution < -0.4 is 5.73 Å². The molecule has 1 aromatic carbocycles. The Morgan fingerprint density at radius 3 is 2.59 bits per heavy atom. The lowest BCUT2D eigenvalue weighted by atomic mass is 10.0. The Morgan fingerprint density at radius 1 is 1.29 bits per heavy atom. The molecule has 2 N–H and O–H groups in total. The van der Waals surface area contributed by atoms with Crippen LogP contribution in [0.3, 0.4) is 0 Å². The fraction of sp³-hybridized carbons (Fsp3) is 0.273. The fourth-order valence-corrected chi connectivity index (χ4v) is 1.34. The number of benzene rings is 1. The highest BCUT2D eigenvalue weighted by Gasteiger charge is 2.19. The van der Waals surface area contributed by atoms with Gasteiger partial charge in [-0.3, -0.25) is 0 Å². The summed E-state index contributed by atoms with van der Waals surface area (Å²) in [6.07, 6.45) is 1.48. The van der Waals surface area contributed by atoms with E-state index in [0.29, 0.717) is 5.69 Å². The van der Waals surface area contributed by atoms with Crippen LogP contribution in [-0.4, -0.2) is 15.0 Å². The van der Waals surface area contributed by atoms with E-state index in [0.717, 1.165) is 18.2 Å². The second-order valence-corrected chi connectivity index (χ2v) is 4.37. The van der Waals surface area contributed by atoms with Crippen LogP contribution in [-0.2, 0) is 5.54 Å². The summed E-state index contributed by atoms with van der Waals surface area (Å²) in [6, 6.07) is 3.14. The monoisotopic (exact) mass is 238 g/mol. The molecule has 0 saturated heterocycles. The van der Waals surface area contributed by atoms with Gasteiger partial charge in [-0.1, -0.05) is 5.21 Å². The lowest BCUT2D eigenvalue weighted by molar-refractivity contribution is 0.533. The standard InChI is InChI=1S/C11H12F2N4/c1-11(2,14)10-6-17(16-15-10)9-5-7(12)3-4-8(9)13/h3-6H,14H2,1-2H3. The molecule has 0 amide bonds. The summed E-state index contributed by atoms with van der Waals surface area (Å²) in [7, 11) is 0. The molecular formula is C11H12F2N4. The number of nitrogens with two attached hydrogens (primary N) is 1. The van der Waals surface area contributed by atoms with E-state index in [1.165, 1.54) is 10.9 Å². The molecule has 1 aromatic heterocycles. The number of halogens is 2. The van der Waals surface area contributed by atoms with Crippen LogP contribution in [0.1, 0.15) is 19.5 Å². The van der Waals surface area contributed by atoms with Crippen molar-refractivity contribution in [3.05, 3.63) is 41.7 Å². The van der Waals surface area contributed by atoms with Crippen molar-refractivity contribution in [2.24, 2.45) is 5.73 Å². The number of aromatic nitrogens is 3. The Labute approximate surface area is 97.0 Å². The van der Waals surface area contributed by atoms with E-state index in [4.69, 9.17) is 5.73 Å². The topological polar surface area (TPSA) is 56.7 Å². The molecule has 0 saturated carbocycles. The number of hydrogen-bond donors (Lipinski definition) is 1. The van der Waals surface area contributed by atoms with Crippen molar-refractivity contribution in [1.29, 1.82) is 0 Å². The van der Waals surface area contributed by atoms with Crippen LogP contribution in [0.4, 0.5) is 8.78 Å². The minimum Gasteiger partial charge on any atom is -0.320 e. The maximum absolute atomic E-state index is 13.5. The molecule has 6 heteroatoms. The molecular weight excluding hydrogens is 226 g/mol. The molecule has 2 aromatic rings. The van der Waals surface area contributed by atoms with E-state index in [-0.39, 0.29) is 5.69 Å². The van der Waals surface area contributed by atoms with Gasteiger partial charge in [0.2, 0.25) is 0 Å². The van der Waals surface area contributed by atoms with Gasteiger partial charge in [0, 0.05) is 6.07 Å². The van der Waals surface area contributed by atoms with E-state index in [1.54, 1.807) is 13.8 Å². The maximum atomic E-state index is 13.5. The van der Waals surface area contributed by atoms with E-state index in [9.17, 15) is 8.78 Å². The van der Waals surface area contributed by atoms with Gasteiger partial charge in [-0.25, -0.2) is 13.5 Å². The Morgan fingerprint density at radius 2 is 2.00 bits per heavy atom. The summed E-state index contributed by atoms with van der Waals surface area (Å²) < 4.78 is 27.7. The number of rotatable bonds is 2.